The average molecular weight is 585 g/mol. The minimum Gasteiger partial charge on any atom is -0.396 e. The molecule has 41 heavy (non-hydrogen) atoms. The number of aliphatic hydroxyl groups is 1. The lowest BCUT2D eigenvalue weighted by Crippen LogP contribution is -2.27. The Labute approximate surface area is 239 Å². The van der Waals surface area contributed by atoms with E-state index in [0.29, 0.717) is 69.2 Å². The van der Waals surface area contributed by atoms with Gasteiger partial charge in [0.15, 0.2) is 0 Å². The fraction of sp³-hybridized carbons (Fsp3) is 0.393. The van der Waals surface area contributed by atoms with Crippen molar-refractivity contribution in [2.45, 2.75) is 51.6 Å². The summed E-state index contributed by atoms with van der Waals surface area (Å²) in [6, 6.07) is 7.56. The first kappa shape index (κ1) is 28.6. The normalized spacial score (nSPS) is 15.1. The van der Waals surface area contributed by atoms with Gasteiger partial charge in [-0.1, -0.05) is 36.7 Å². The third-order valence-electron chi connectivity index (χ3n) is 7.36. The molecule has 214 valence electrons. The van der Waals surface area contributed by atoms with E-state index in [-0.39, 0.29) is 6.61 Å². The summed E-state index contributed by atoms with van der Waals surface area (Å²) in [5.74, 6) is -0.659. The van der Waals surface area contributed by atoms with E-state index in [1.165, 1.54) is 23.1 Å². The zero-order chi connectivity index (χ0) is 29.5. The van der Waals surface area contributed by atoms with Gasteiger partial charge in [-0.05, 0) is 38.0 Å². The van der Waals surface area contributed by atoms with Gasteiger partial charge >= 0.3 is 0 Å². The molecule has 1 aliphatic rings. The quantitative estimate of drug-likeness (QED) is 0.206. The highest BCUT2D eigenvalue weighted by Gasteiger charge is 2.54. The number of hydrogen-bond acceptors (Lipinski definition) is 8. The Hall–Kier alpha value is -3.95. The molecule has 3 N–H and O–H groups in total. The van der Waals surface area contributed by atoms with Crippen LogP contribution in [-0.2, 0) is 5.54 Å². The highest BCUT2D eigenvalue weighted by Crippen LogP contribution is 2.48. The standard InChI is InChI=1S/C28H28ClF3N8O/c1-15-18(4-5-22(30)36-15)25(21-12-40(39-38-21)28(6-7-28)26(31)32)37-17-8-19-23(35-13-27(2,3)14-41)16(10-33)11-34-24(19)20(29)9-17/h4-5,8-9,11-12,25-26,37,41H,6-7,13-14H2,1-3H3,(H,34,35). The molecular formula is C28H28ClF3N8O. The molecule has 4 aromatic rings. The van der Waals surface area contributed by atoms with E-state index in [2.05, 4.69) is 37.0 Å². The van der Waals surface area contributed by atoms with Crippen molar-refractivity contribution in [3.63, 3.8) is 0 Å². The van der Waals surface area contributed by atoms with Crippen LogP contribution in [0.5, 0.6) is 0 Å². The summed E-state index contributed by atoms with van der Waals surface area (Å²) in [6.07, 6.45) is 0.892. The van der Waals surface area contributed by atoms with Crippen molar-refractivity contribution in [1.82, 2.24) is 25.0 Å². The number of nitriles is 1. The summed E-state index contributed by atoms with van der Waals surface area (Å²) in [5.41, 5.74) is 1.17. The number of aryl methyl sites for hydroxylation is 1. The molecule has 1 aliphatic carbocycles. The van der Waals surface area contributed by atoms with Crippen LogP contribution in [0.4, 0.5) is 24.5 Å². The molecule has 0 radical (unpaired) electrons. The predicted octanol–water partition coefficient (Wildman–Crippen LogP) is 5.58. The number of aromatic nitrogens is 5. The SMILES string of the molecule is Cc1nc(F)ccc1C(Nc1cc(Cl)c2ncc(C#N)c(NCC(C)(C)CO)c2c1)c1cn(C2(C(F)F)CC2)nn1. The number of anilines is 2. The molecule has 1 unspecified atom stereocenters. The maximum atomic E-state index is 13.9. The van der Waals surface area contributed by atoms with Gasteiger partial charge in [-0.25, -0.2) is 18.4 Å². The first-order valence-corrected chi connectivity index (χ1v) is 13.3. The Bertz CT molecular complexity index is 1650. The molecule has 1 saturated carbocycles. The minimum absolute atomic E-state index is 0.0707. The minimum atomic E-state index is -2.60. The van der Waals surface area contributed by atoms with Gasteiger partial charge in [0.25, 0.3) is 6.43 Å². The third-order valence-corrected chi connectivity index (χ3v) is 7.65. The van der Waals surface area contributed by atoms with Gasteiger partial charge in [0.2, 0.25) is 5.95 Å². The number of pyridine rings is 2. The van der Waals surface area contributed by atoms with Gasteiger partial charge in [-0.3, -0.25) is 4.98 Å². The van der Waals surface area contributed by atoms with Crippen LogP contribution in [0, 0.1) is 29.6 Å². The van der Waals surface area contributed by atoms with E-state index in [1.807, 2.05) is 13.8 Å². The maximum absolute atomic E-state index is 13.9. The summed E-state index contributed by atoms with van der Waals surface area (Å²) in [6.45, 7) is 5.70. The van der Waals surface area contributed by atoms with Crippen LogP contribution in [0.1, 0.15) is 55.2 Å². The molecule has 0 aliphatic heterocycles. The molecule has 1 aromatic carbocycles. The lowest BCUT2D eigenvalue weighted by atomic mass is 9.94. The van der Waals surface area contributed by atoms with E-state index in [0.717, 1.165) is 0 Å². The van der Waals surface area contributed by atoms with Gasteiger partial charge < -0.3 is 15.7 Å². The van der Waals surface area contributed by atoms with Crippen LogP contribution in [0.25, 0.3) is 10.9 Å². The summed E-state index contributed by atoms with van der Waals surface area (Å²) >= 11 is 6.65. The summed E-state index contributed by atoms with van der Waals surface area (Å²) in [5, 5.41) is 35.2. The van der Waals surface area contributed by atoms with Crippen molar-refractivity contribution in [3.8, 4) is 6.07 Å². The largest absolute Gasteiger partial charge is 0.396 e. The monoisotopic (exact) mass is 584 g/mol. The van der Waals surface area contributed by atoms with Crippen molar-refractivity contribution >= 4 is 33.9 Å². The number of halogens is 4. The van der Waals surface area contributed by atoms with E-state index in [9.17, 15) is 23.5 Å². The second-order valence-electron chi connectivity index (χ2n) is 11.1. The number of nitrogens with zero attached hydrogens (tertiary/aromatic N) is 6. The van der Waals surface area contributed by atoms with Gasteiger partial charge in [0.05, 0.1) is 34.0 Å². The van der Waals surface area contributed by atoms with Crippen LogP contribution in [0.15, 0.2) is 36.7 Å². The topological polar surface area (TPSA) is 125 Å². The Kier molecular flexibility index (Phi) is 7.52. The second-order valence-corrected chi connectivity index (χ2v) is 11.5. The van der Waals surface area contributed by atoms with Crippen molar-refractivity contribution in [2.75, 3.05) is 23.8 Å². The van der Waals surface area contributed by atoms with Crippen LogP contribution in [0.2, 0.25) is 5.02 Å². The average Bonchev–Trinajstić information content (AvgIpc) is 3.61. The molecule has 0 bridgehead atoms. The van der Waals surface area contributed by atoms with E-state index < -0.39 is 29.4 Å². The first-order chi connectivity index (χ1) is 19.5. The van der Waals surface area contributed by atoms with Crippen LogP contribution in [-0.4, -0.2) is 49.6 Å². The molecule has 3 heterocycles. The molecule has 5 rings (SSSR count). The van der Waals surface area contributed by atoms with Crippen LogP contribution < -0.4 is 10.6 Å². The van der Waals surface area contributed by atoms with E-state index in [1.54, 1.807) is 25.1 Å². The highest BCUT2D eigenvalue weighted by molar-refractivity contribution is 6.35. The zero-order valence-corrected chi connectivity index (χ0v) is 23.3. The number of hydrogen-bond donors (Lipinski definition) is 3. The lowest BCUT2D eigenvalue weighted by Gasteiger charge is -2.24. The van der Waals surface area contributed by atoms with Crippen molar-refractivity contribution < 1.29 is 18.3 Å². The van der Waals surface area contributed by atoms with E-state index >= 15 is 0 Å². The van der Waals surface area contributed by atoms with Crippen molar-refractivity contribution in [3.05, 3.63) is 70.1 Å². The molecule has 0 saturated heterocycles. The molecule has 0 amide bonds. The number of alkyl halides is 2. The Balaban J connectivity index is 1.60. The predicted molar refractivity (Wildman–Crippen MR) is 148 cm³/mol. The molecule has 3 aromatic heterocycles. The number of fused-ring (bicyclic) bond motifs is 1. The molecule has 1 fully saturated rings. The molecule has 0 spiro atoms. The third kappa shape index (κ3) is 5.52. The lowest BCUT2D eigenvalue weighted by molar-refractivity contribution is 0.0593. The Morgan fingerprint density at radius 1 is 1.27 bits per heavy atom. The highest BCUT2D eigenvalue weighted by atomic mass is 35.5. The Morgan fingerprint density at radius 2 is 2.02 bits per heavy atom. The Morgan fingerprint density at radius 3 is 2.66 bits per heavy atom. The second kappa shape index (κ2) is 10.8. The maximum Gasteiger partial charge on any atom is 0.263 e. The van der Waals surface area contributed by atoms with Crippen LogP contribution >= 0.6 is 11.6 Å². The molecule has 13 heteroatoms. The fourth-order valence-electron chi connectivity index (χ4n) is 4.63. The van der Waals surface area contributed by atoms with Crippen LogP contribution in [0.3, 0.4) is 0 Å². The molecule has 1 atom stereocenters. The summed E-state index contributed by atoms with van der Waals surface area (Å²) < 4.78 is 42.7. The molecular weight excluding hydrogens is 557 g/mol. The fourth-order valence-corrected chi connectivity index (χ4v) is 4.90. The molecule has 9 nitrogen and oxygen atoms in total. The van der Waals surface area contributed by atoms with Crippen molar-refractivity contribution in [1.29, 1.82) is 5.26 Å². The number of nitrogens with one attached hydrogen (secondary N) is 2. The zero-order valence-electron chi connectivity index (χ0n) is 22.6. The number of aliphatic hydroxyl groups excluding tert-OH is 1. The van der Waals surface area contributed by atoms with E-state index in [4.69, 9.17) is 11.6 Å². The van der Waals surface area contributed by atoms with Gasteiger partial charge in [0, 0.05) is 47.1 Å². The number of rotatable bonds is 10. The van der Waals surface area contributed by atoms with Crippen molar-refractivity contribution in [2.24, 2.45) is 5.41 Å². The van der Waals surface area contributed by atoms with Gasteiger partial charge in [-0.2, -0.15) is 9.65 Å². The van der Waals surface area contributed by atoms with Gasteiger partial charge in [0.1, 0.15) is 17.3 Å². The number of benzene rings is 1. The summed E-state index contributed by atoms with van der Waals surface area (Å²) in [7, 11) is 0. The first-order valence-electron chi connectivity index (χ1n) is 13.0. The smallest absolute Gasteiger partial charge is 0.263 e. The van der Waals surface area contributed by atoms with Gasteiger partial charge in [-0.15, -0.1) is 5.10 Å². The summed E-state index contributed by atoms with van der Waals surface area (Å²) in [4.78, 5) is 8.30.